The van der Waals surface area contributed by atoms with Crippen LogP contribution in [0.15, 0.2) is 11.6 Å². The number of hydrogen-bond acceptors (Lipinski definition) is 2. The Balaban J connectivity index is 2.20. The van der Waals surface area contributed by atoms with Gasteiger partial charge >= 0.3 is 0 Å². The molecule has 2 heterocycles. The minimum absolute atomic E-state index is 0.676. The summed E-state index contributed by atoms with van der Waals surface area (Å²) in [4.78, 5) is 0. The number of rotatable bonds is 0. The molecule has 2 aliphatic rings. The summed E-state index contributed by atoms with van der Waals surface area (Å²) >= 11 is 0. The zero-order chi connectivity index (χ0) is 5.40. The van der Waals surface area contributed by atoms with Gasteiger partial charge in [-0.2, -0.15) is 0 Å². The second kappa shape index (κ2) is 1.57. The normalized spacial score (nSPS) is 35.0. The van der Waals surface area contributed by atoms with E-state index >= 15 is 0 Å². The molecule has 0 amide bonds. The van der Waals surface area contributed by atoms with Gasteiger partial charge in [0.1, 0.15) is 0 Å². The van der Waals surface area contributed by atoms with Crippen LogP contribution in [-0.4, -0.2) is 25.7 Å². The lowest BCUT2D eigenvalue weighted by atomic mass is 10.2. The molecule has 0 aromatic carbocycles. The Labute approximate surface area is 49.0 Å². The van der Waals surface area contributed by atoms with Crippen molar-refractivity contribution in [3.8, 4) is 0 Å². The van der Waals surface area contributed by atoms with E-state index in [2.05, 4.69) is 16.7 Å². The fourth-order valence-electron chi connectivity index (χ4n) is 1.37. The van der Waals surface area contributed by atoms with Crippen LogP contribution in [0.25, 0.3) is 0 Å². The van der Waals surface area contributed by atoms with E-state index in [4.69, 9.17) is 0 Å². The number of nitrogens with one attached hydrogen (secondary N) is 2. The quantitative estimate of drug-likeness (QED) is 0.410. The highest BCUT2D eigenvalue weighted by molar-refractivity contribution is 5.23. The van der Waals surface area contributed by atoms with Gasteiger partial charge in [0.05, 0.1) is 0 Å². The average molecular weight is 110 g/mol. The molecule has 0 aromatic heterocycles. The van der Waals surface area contributed by atoms with Crippen molar-refractivity contribution >= 4 is 0 Å². The molecule has 0 spiro atoms. The molecule has 2 rings (SSSR count). The Morgan fingerprint density at radius 2 is 2.62 bits per heavy atom. The van der Waals surface area contributed by atoms with Crippen LogP contribution in [-0.2, 0) is 0 Å². The molecule has 0 saturated carbocycles. The standard InChI is InChI=1S/C6H10N2/c1-2-8-6-4-7-3-5(1)6/h1,6-8H,2-4H2/t6-/m0/s1. The molecule has 44 valence electrons. The molecular formula is C6H10N2. The van der Waals surface area contributed by atoms with Gasteiger partial charge in [-0.25, -0.2) is 0 Å². The van der Waals surface area contributed by atoms with E-state index < -0.39 is 0 Å². The van der Waals surface area contributed by atoms with E-state index in [0.717, 1.165) is 19.6 Å². The molecule has 0 aliphatic carbocycles. The monoisotopic (exact) mass is 110 g/mol. The highest BCUT2D eigenvalue weighted by atomic mass is 15.0. The summed E-state index contributed by atoms with van der Waals surface area (Å²) < 4.78 is 0. The van der Waals surface area contributed by atoms with Gasteiger partial charge in [0, 0.05) is 25.7 Å². The van der Waals surface area contributed by atoms with E-state index in [1.807, 2.05) is 0 Å². The Kier molecular flexibility index (Phi) is 0.889. The van der Waals surface area contributed by atoms with Gasteiger partial charge in [-0.15, -0.1) is 0 Å². The average Bonchev–Trinajstić information content (AvgIpc) is 2.15. The predicted molar refractivity (Wildman–Crippen MR) is 32.7 cm³/mol. The zero-order valence-electron chi connectivity index (χ0n) is 4.78. The third-order valence-electron chi connectivity index (χ3n) is 1.85. The molecule has 8 heavy (non-hydrogen) atoms. The summed E-state index contributed by atoms with van der Waals surface area (Å²) in [5.74, 6) is 0. The second-order valence-electron chi connectivity index (χ2n) is 2.37. The maximum absolute atomic E-state index is 3.36. The maximum Gasteiger partial charge on any atom is 0.0421 e. The topological polar surface area (TPSA) is 24.1 Å². The van der Waals surface area contributed by atoms with E-state index in [9.17, 15) is 0 Å². The van der Waals surface area contributed by atoms with E-state index in [0.29, 0.717) is 6.04 Å². The van der Waals surface area contributed by atoms with Crippen LogP contribution in [0, 0.1) is 0 Å². The van der Waals surface area contributed by atoms with E-state index in [-0.39, 0.29) is 0 Å². The smallest absolute Gasteiger partial charge is 0.0421 e. The van der Waals surface area contributed by atoms with Gasteiger partial charge in [0.25, 0.3) is 0 Å². The van der Waals surface area contributed by atoms with Crippen molar-refractivity contribution in [2.24, 2.45) is 0 Å². The molecule has 1 saturated heterocycles. The molecular weight excluding hydrogens is 100 g/mol. The highest BCUT2D eigenvalue weighted by Crippen LogP contribution is 2.10. The Morgan fingerprint density at radius 1 is 1.62 bits per heavy atom. The molecule has 2 N–H and O–H groups in total. The first-order chi connectivity index (χ1) is 3.97. The summed E-state index contributed by atoms with van der Waals surface area (Å²) in [7, 11) is 0. The molecule has 0 bridgehead atoms. The van der Waals surface area contributed by atoms with Crippen molar-refractivity contribution < 1.29 is 0 Å². The lowest BCUT2D eigenvalue weighted by molar-refractivity contribution is 0.663. The summed E-state index contributed by atoms with van der Waals surface area (Å²) in [5.41, 5.74) is 1.56. The molecule has 1 atom stereocenters. The fraction of sp³-hybridized carbons (Fsp3) is 0.667. The maximum atomic E-state index is 3.36. The van der Waals surface area contributed by atoms with Gasteiger partial charge in [0.2, 0.25) is 0 Å². The first-order valence-corrected chi connectivity index (χ1v) is 3.10. The van der Waals surface area contributed by atoms with Crippen molar-refractivity contribution in [1.29, 1.82) is 0 Å². The van der Waals surface area contributed by atoms with E-state index in [1.54, 1.807) is 5.57 Å². The SMILES string of the molecule is C1=C2CNC[C@@H]2NC1. The first-order valence-electron chi connectivity index (χ1n) is 3.10. The fourth-order valence-corrected chi connectivity index (χ4v) is 1.37. The Morgan fingerprint density at radius 3 is 3.50 bits per heavy atom. The molecule has 2 nitrogen and oxygen atoms in total. The summed E-state index contributed by atoms with van der Waals surface area (Å²) in [6, 6.07) is 0.676. The second-order valence-corrected chi connectivity index (χ2v) is 2.37. The van der Waals surface area contributed by atoms with Crippen LogP contribution in [0.4, 0.5) is 0 Å². The van der Waals surface area contributed by atoms with Crippen molar-refractivity contribution in [2.45, 2.75) is 6.04 Å². The van der Waals surface area contributed by atoms with Crippen LogP contribution < -0.4 is 10.6 Å². The molecule has 0 radical (unpaired) electrons. The van der Waals surface area contributed by atoms with Gasteiger partial charge in [-0.05, 0) is 5.57 Å². The van der Waals surface area contributed by atoms with Crippen LogP contribution in [0.3, 0.4) is 0 Å². The zero-order valence-corrected chi connectivity index (χ0v) is 4.78. The number of hydrogen-bond donors (Lipinski definition) is 2. The van der Waals surface area contributed by atoms with Gasteiger partial charge in [0.15, 0.2) is 0 Å². The minimum Gasteiger partial charge on any atom is -0.311 e. The molecule has 0 aromatic rings. The van der Waals surface area contributed by atoms with Crippen LogP contribution in [0.5, 0.6) is 0 Å². The molecule has 2 aliphatic heterocycles. The van der Waals surface area contributed by atoms with Gasteiger partial charge in [-0.3, -0.25) is 0 Å². The minimum atomic E-state index is 0.676. The first kappa shape index (κ1) is 4.53. The number of fused-ring (bicyclic) bond motifs is 1. The highest BCUT2D eigenvalue weighted by Gasteiger charge is 2.22. The summed E-state index contributed by atoms with van der Waals surface area (Å²) in [6.45, 7) is 3.32. The summed E-state index contributed by atoms with van der Waals surface area (Å²) in [6.07, 6.45) is 2.28. The lowest BCUT2D eigenvalue weighted by Crippen LogP contribution is -2.27. The Bertz CT molecular complexity index is 128. The third kappa shape index (κ3) is 0.501. The van der Waals surface area contributed by atoms with Crippen LogP contribution in [0.1, 0.15) is 0 Å². The van der Waals surface area contributed by atoms with Gasteiger partial charge < -0.3 is 10.6 Å². The van der Waals surface area contributed by atoms with Crippen molar-refractivity contribution in [3.63, 3.8) is 0 Å². The van der Waals surface area contributed by atoms with E-state index in [1.165, 1.54) is 0 Å². The van der Waals surface area contributed by atoms with Crippen molar-refractivity contribution in [3.05, 3.63) is 11.6 Å². The predicted octanol–water partition coefficient (Wildman–Crippen LogP) is -0.512. The molecule has 1 fully saturated rings. The largest absolute Gasteiger partial charge is 0.311 e. The third-order valence-corrected chi connectivity index (χ3v) is 1.85. The van der Waals surface area contributed by atoms with Crippen LogP contribution >= 0.6 is 0 Å². The Hall–Kier alpha value is -0.340. The van der Waals surface area contributed by atoms with Crippen LogP contribution in [0.2, 0.25) is 0 Å². The molecule has 0 unspecified atom stereocenters. The lowest BCUT2D eigenvalue weighted by Gasteiger charge is -2.01. The van der Waals surface area contributed by atoms with Crippen molar-refractivity contribution in [2.75, 3.05) is 19.6 Å². The molecule has 2 heteroatoms. The summed E-state index contributed by atoms with van der Waals surface area (Å²) in [5, 5.41) is 6.66. The van der Waals surface area contributed by atoms with Crippen molar-refractivity contribution in [1.82, 2.24) is 10.6 Å². The van der Waals surface area contributed by atoms with Gasteiger partial charge in [-0.1, -0.05) is 6.08 Å².